The van der Waals surface area contributed by atoms with Crippen molar-refractivity contribution < 1.29 is 8.42 Å². The van der Waals surface area contributed by atoms with Gasteiger partial charge in [-0.25, -0.2) is 8.42 Å². The fourth-order valence-corrected chi connectivity index (χ4v) is 4.55. The molecule has 0 spiro atoms. The summed E-state index contributed by atoms with van der Waals surface area (Å²) < 4.78 is 28.1. The molecule has 172 valence electrons. The summed E-state index contributed by atoms with van der Waals surface area (Å²) in [7, 11) is -3.63. The number of hydrogen-bond acceptors (Lipinski definition) is 3. The van der Waals surface area contributed by atoms with Crippen LogP contribution in [0.4, 0.5) is 5.69 Å². The highest BCUT2D eigenvalue weighted by Crippen LogP contribution is 2.22. The van der Waals surface area contributed by atoms with Gasteiger partial charge in [0.25, 0.3) is 10.0 Å². The Kier molecular flexibility index (Phi) is 8.12. The molecule has 4 nitrogen and oxygen atoms in total. The summed E-state index contributed by atoms with van der Waals surface area (Å²) in [5.74, 6) is 0. The summed E-state index contributed by atoms with van der Waals surface area (Å²) >= 11 is 0. The molecule has 0 aromatic heterocycles. The quantitative estimate of drug-likeness (QED) is 0.365. The van der Waals surface area contributed by atoms with Gasteiger partial charge in [0.1, 0.15) is 0 Å². The molecule has 0 saturated carbocycles. The predicted molar refractivity (Wildman–Crippen MR) is 138 cm³/mol. The summed E-state index contributed by atoms with van der Waals surface area (Å²) in [4.78, 5) is 2.58. The third-order valence-corrected chi connectivity index (χ3v) is 6.97. The Bertz CT molecular complexity index is 1230. The summed E-state index contributed by atoms with van der Waals surface area (Å²) in [5.41, 5.74) is 6.04. The lowest BCUT2D eigenvalue weighted by Crippen LogP contribution is -2.20. The van der Waals surface area contributed by atoms with Crippen LogP contribution in [0.1, 0.15) is 37.5 Å². The minimum atomic E-state index is -3.63. The van der Waals surface area contributed by atoms with Gasteiger partial charge in [-0.2, -0.15) is 0 Å². The zero-order valence-electron chi connectivity index (χ0n) is 19.7. The van der Waals surface area contributed by atoms with Gasteiger partial charge in [-0.1, -0.05) is 66.2 Å². The van der Waals surface area contributed by atoms with Crippen molar-refractivity contribution in [3.63, 3.8) is 0 Å². The summed E-state index contributed by atoms with van der Waals surface area (Å²) in [6.07, 6.45) is 4.20. The van der Waals surface area contributed by atoms with Crippen molar-refractivity contribution in [3.8, 4) is 0 Å². The first kappa shape index (κ1) is 24.3. The Morgan fingerprint density at radius 1 is 0.909 bits per heavy atom. The third kappa shape index (κ3) is 6.83. The first-order valence-electron chi connectivity index (χ1n) is 11.1. The molecular weight excluding hydrogens is 428 g/mol. The molecule has 0 bridgehead atoms. The van der Waals surface area contributed by atoms with E-state index in [9.17, 15) is 8.42 Å². The Morgan fingerprint density at radius 2 is 1.61 bits per heavy atom. The van der Waals surface area contributed by atoms with E-state index in [4.69, 9.17) is 0 Å². The van der Waals surface area contributed by atoms with Crippen LogP contribution in [0, 0.1) is 6.92 Å². The lowest BCUT2D eigenvalue weighted by Gasteiger charge is -2.23. The highest BCUT2D eigenvalue weighted by Gasteiger charge is 2.14. The number of sulfonamides is 1. The number of benzene rings is 3. The molecule has 0 heterocycles. The number of anilines is 1. The van der Waals surface area contributed by atoms with Crippen LogP contribution in [0.15, 0.2) is 102 Å². The van der Waals surface area contributed by atoms with Gasteiger partial charge in [0.15, 0.2) is 0 Å². The van der Waals surface area contributed by atoms with Gasteiger partial charge in [-0.15, -0.1) is 0 Å². The second-order valence-electron chi connectivity index (χ2n) is 8.16. The zero-order chi connectivity index (χ0) is 23.8. The largest absolute Gasteiger partial charge is 0.371 e. The van der Waals surface area contributed by atoms with Crippen molar-refractivity contribution in [1.82, 2.24) is 4.90 Å². The van der Waals surface area contributed by atoms with Gasteiger partial charge in [0.2, 0.25) is 0 Å². The number of aryl methyl sites for hydroxylation is 1. The topological polar surface area (TPSA) is 49.4 Å². The van der Waals surface area contributed by atoms with Gasteiger partial charge < -0.3 is 4.90 Å². The van der Waals surface area contributed by atoms with Crippen LogP contribution in [0.25, 0.3) is 5.57 Å². The average Bonchev–Trinajstić information content (AvgIpc) is 2.81. The number of rotatable bonds is 9. The Hall–Kier alpha value is -3.31. The molecule has 0 aliphatic rings. The van der Waals surface area contributed by atoms with Gasteiger partial charge >= 0.3 is 0 Å². The van der Waals surface area contributed by atoms with Crippen molar-refractivity contribution in [2.24, 2.45) is 0 Å². The summed E-state index contributed by atoms with van der Waals surface area (Å²) in [5, 5.41) is 0. The van der Waals surface area contributed by atoms with Gasteiger partial charge in [0, 0.05) is 24.5 Å². The summed E-state index contributed by atoms with van der Waals surface area (Å²) in [6.45, 7) is 10.0. The summed E-state index contributed by atoms with van der Waals surface area (Å²) in [6, 6.07) is 24.7. The van der Waals surface area contributed by atoms with Crippen LogP contribution >= 0.6 is 0 Å². The highest BCUT2D eigenvalue weighted by molar-refractivity contribution is 7.92. The normalized spacial score (nSPS) is 12.5. The molecule has 0 fully saturated rings. The molecule has 0 aliphatic heterocycles. The maximum absolute atomic E-state index is 12.7. The molecule has 1 N–H and O–H groups in total. The first-order valence-corrected chi connectivity index (χ1v) is 12.6. The number of hydrogen-bond donors (Lipinski definition) is 1. The molecule has 0 unspecified atom stereocenters. The predicted octanol–water partition coefficient (Wildman–Crippen LogP) is 6.63. The van der Waals surface area contributed by atoms with Crippen molar-refractivity contribution in [3.05, 3.63) is 113 Å². The van der Waals surface area contributed by atoms with Crippen LogP contribution in [-0.2, 0) is 16.6 Å². The SMILES string of the molecule is CCN(Cc1ccccc1)/C(C)=C/C=C(\C)c1cccc(NS(=O)(=O)c2ccc(C)cc2)c1. The van der Waals surface area contributed by atoms with Crippen molar-refractivity contribution in [1.29, 1.82) is 0 Å². The smallest absolute Gasteiger partial charge is 0.261 e. The van der Waals surface area contributed by atoms with E-state index in [-0.39, 0.29) is 4.90 Å². The standard InChI is InChI=1S/C28H32N2O2S/c1-5-30(21-25-10-7-6-8-11-25)24(4)17-16-23(3)26-12-9-13-27(20-26)29-33(31,32)28-18-14-22(2)15-19-28/h6-20,29H,5,21H2,1-4H3/b23-16+,24-17+. The van der Waals surface area contributed by atoms with Crippen LogP contribution in [0.5, 0.6) is 0 Å². The fraction of sp³-hybridized carbons (Fsp3) is 0.214. The molecule has 0 amide bonds. The minimum absolute atomic E-state index is 0.252. The van der Waals surface area contributed by atoms with Crippen LogP contribution in [0.3, 0.4) is 0 Å². The van der Waals surface area contributed by atoms with Crippen LogP contribution < -0.4 is 4.72 Å². The molecule has 0 atom stereocenters. The first-order chi connectivity index (χ1) is 15.8. The average molecular weight is 461 g/mol. The molecular formula is C28H32N2O2S. The molecule has 5 heteroatoms. The van der Waals surface area contributed by atoms with E-state index in [1.807, 2.05) is 38.1 Å². The monoisotopic (exact) mass is 460 g/mol. The zero-order valence-corrected chi connectivity index (χ0v) is 20.6. The third-order valence-electron chi connectivity index (χ3n) is 5.57. The maximum atomic E-state index is 12.7. The molecule has 33 heavy (non-hydrogen) atoms. The lowest BCUT2D eigenvalue weighted by molar-refractivity contribution is 0.356. The maximum Gasteiger partial charge on any atom is 0.261 e. The molecule has 3 aromatic carbocycles. The Labute approximate surface area is 198 Å². The van der Waals surface area contributed by atoms with Crippen LogP contribution in [0.2, 0.25) is 0 Å². The van der Waals surface area contributed by atoms with Gasteiger partial charge in [0.05, 0.1) is 4.90 Å². The van der Waals surface area contributed by atoms with Crippen molar-refractivity contribution >= 4 is 21.3 Å². The highest BCUT2D eigenvalue weighted by atomic mass is 32.2. The molecule has 3 rings (SSSR count). The van der Waals surface area contributed by atoms with E-state index < -0.39 is 10.0 Å². The van der Waals surface area contributed by atoms with Crippen LogP contribution in [-0.4, -0.2) is 19.9 Å². The lowest BCUT2D eigenvalue weighted by atomic mass is 10.1. The number of allylic oxidation sites excluding steroid dienone is 4. The molecule has 0 saturated heterocycles. The molecule has 3 aromatic rings. The van der Waals surface area contributed by atoms with E-state index in [2.05, 4.69) is 59.9 Å². The van der Waals surface area contributed by atoms with Crippen molar-refractivity contribution in [2.75, 3.05) is 11.3 Å². The second-order valence-corrected chi connectivity index (χ2v) is 9.84. The van der Waals surface area contributed by atoms with E-state index in [0.29, 0.717) is 5.69 Å². The molecule has 0 aliphatic carbocycles. The van der Waals surface area contributed by atoms with E-state index in [1.54, 1.807) is 30.3 Å². The molecule has 0 radical (unpaired) electrons. The van der Waals surface area contributed by atoms with Gasteiger partial charge in [-0.05, 0) is 74.7 Å². The van der Waals surface area contributed by atoms with E-state index in [0.717, 1.165) is 29.8 Å². The number of nitrogens with one attached hydrogen (secondary N) is 1. The van der Waals surface area contributed by atoms with E-state index in [1.165, 1.54) is 11.3 Å². The fourth-order valence-electron chi connectivity index (χ4n) is 3.50. The van der Waals surface area contributed by atoms with E-state index >= 15 is 0 Å². The second kappa shape index (κ2) is 11.0. The van der Waals surface area contributed by atoms with Gasteiger partial charge in [-0.3, -0.25) is 4.72 Å². The Balaban J connectivity index is 1.75. The number of nitrogens with zero attached hydrogens (tertiary/aromatic N) is 1. The van der Waals surface area contributed by atoms with Crippen molar-refractivity contribution in [2.45, 2.75) is 39.1 Å². The Morgan fingerprint density at radius 3 is 2.27 bits per heavy atom. The minimum Gasteiger partial charge on any atom is -0.371 e.